The molecule has 0 saturated carbocycles. The molecule has 40 heavy (non-hydrogen) atoms. The molecular weight excluding hydrogens is 523 g/mol. The van der Waals surface area contributed by atoms with Gasteiger partial charge >= 0.3 is 13.2 Å². The van der Waals surface area contributed by atoms with E-state index in [1.807, 2.05) is 37.7 Å². The highest BCUT2D eigenvalue weighted by molar-refractivity contribution is 6.76. The highest BCUT2D eigenvalue weighted by Crippen LogP contribution is 2.38. The summed E-state index contributed by atoms with van der Waals surface area (Å²) in [5, 5.41) is 4.76. The summed E-state index contributed by atoms with van der Waals surface area (Å²) in [5.41, 5.74) is 1.16. The summed E-state index contributed by atoms with van der Waals surface area (Å²) in [6, 6.07) is 3.24. The van der Waals surface area contributed by atoms with Crippen molar-refractivity contribution in [2.24, 2.45) is 0 Å². The van der Waals surface area contributed by atoms with Crippen LogP contribution in [0.1, 0.15) is 61.3 Å². The third-order valence-electron chi connectivity index (χ3n) is 7.97. The highest BCUT2D eigenvalue weighted by Gasteiger charge is 2.52. The standard InChI is InChI=1S/C29H49BN4O5Si/c1-27(2,3)37-26(35)33-14-11-12-21(19-33)32-24-22-13-15-34(20-36-16-17-40(8,9)10)25(22)31-18-23(24)30-38-28(4,5)29(6,7)39-30/h13,15,18,21H,11-12,14,16-17,19-20H2,1-10H3,(H,31,32). The Morgan fingerprint density at radius 1 is 1.20 bits per heavy atom. The summed E-state index contributed by atoms with van der Waals surface area (Å²) in [6.45, 7) is 23.4. The Morgan fingerprint density at radius 2 is 1.88 bits per heavy atom. The number of rotatable bonds is 8. The fraction of sp³-hybridized carbons (Fsp3) is 0.724. The molecule has 1 atom stereocenters. The second-order valence-corrected chi connectivity index (χ2v) is 20.1. The van der Waals surface area contributed by atoms with Crippen LogP contribution in [0, 0.1) is 0 Å². The van der Waals surface area contributed by atoms with Crippen molar-refractivity contribution < 1.29 is 23.6 Å². The molecule has 0 spiro atoms. The van der Waals surface area contributed by atoms with Crippen molar-refractivity contribution in [3.05, 3.63) is 18.5 Å². The fourth-order valence-electron chi connectivity index (χ4n) is 4.90. The number of hydrogen-bond donors (Lipinski definition) is 1. The van der Waals surface area contributed by atoms with Crippen molar-refractivity contribution in [3.8, 4) is 0 Å². The summed E-state index contributed by atoms with van der Waals surface area (Å²) in [7, 11) is -1.73. The average Bonchev–Trinajstić information content (AvgIpc) is 3.32. The number of piperidine rings is 1. The van der Waals surface area contributed by atoms with Crippen LogP contribution in [0.3, 0.4) is 0 Å². The number of ether oxygens (including phenoxy) is 2. The van der Waals surface area contributed by atoms with Crippen molar-refractivity contribution in [1.29, 1.82) is 0 Å². The van der Waals surface area contributed by atoms with E-state index in [1.165, 1.54) is 0 Å². The molecule has 1 unspecified atom stereocenters. The summed E-state index contributed by atoms with van der Waals surface area (Å²) in [4.78, 5) is 19.5. The Morgan fingerprint density at radius 3 is 2.50 bits per heavy atom. The predicted molar refractivity (Wildman–Crippen MR) is 164 cm³/mol. The van der Waals surface area contributed by atoms with Crippen LogP contribution in [0.25, 0.3) is 11.0 Å². The van der Waals surface area contributed by atoms with Crippen LogP contribution in [0.5, 0.6) is 0 Å². The first-order chi connectivity index (χ1) is 18.5. The van der Waals surface area contributed by atoms with Gasteiger partial charge in [0.05, 0.1) is 11.2 Å². The maximum Gasteiger partial charge on any atom is 0.498 e. The minimum Gasteiger partial charge on any atom is -0.444 e. The van der Waals surface area contributed by atoms with E-state index in [0.717, 1.165) is 47.7 Å². The van der Waals surface area contributed by atoms with Gasteiger partial charge < -0.3 is 33.6 Å². The zero-order valence-electron chi connectivity index (χ0n) is 26.2. The van der Waals surface area contributed by atoms with Gasteiger partial charge in [-0.05, 0) is 73.4 Å². The number of amides is 1. The van der Waals surface area contributed by atoms with Gasteiger partial charge in [0.2, 0.25) is 0 Å². The maximum absolute atomic E-state index is 12.8. The predicted octanol–water partition coefficient (Wildman–Crippen LogP) is 5.46. The summed E-state index contributed by atoms with van der Waals surface area (Å²) < 4.78 is 26.7. The van der Waals surface area contributed by atoms with Gasteiger partial charge in [0, 0.05) is 62.7 Å². The zero-order valence-corrected chi connectivity index (χ0v) is 27.2. The molecule has 0 aliphatic carbocycles. The van der Waals surface area contributed by atoms with Gasteiger partial charge in [0.15, 0.2) is 0 Å². The van der Waals surface area contributed by atoms with E-state index < -0.39 is 32.0 Å². The first kappa shape index (κ1) is 30.9. The van der Waals surface area contributed by atoms with E-state index in [-0.39, 0.29) is 12.1 Å². The van der Waals surface area contributed by atoms with E-state index in [9.17, 15) is 4.79 Å². The minimum absolute atomic E-state index is 0.0457. The number of hydrogen-bond acceptors (Lipinski definition) is 7. The van der Waals surface area contributed by atoms with Crippen LogP contribution in [-0.4, -0.2) is 78.3 Å². The molecule has 2 aromatic rings. The Hall–Kier alpha value is -2.08. The van der Waals surface area contributed by atoms with Crippen LogP contribution in [-0.2, 0) is 25.5 Å². The highest BCUT2D eigenvalue weighted by atomic mass is 28.3. The molecule has 2 fully saturated rings. The van der Waals surface area contributed by atoms with Gasteiger partial charge in [0.25, 0.3) is 0 Å². The molecule has 4 heterocycles. The molecule has 0 aromatic carbocycles. The van der Waals surface area contributed by atoms with E-state index in [2.05, 4.69) is 58.7 Å². The average molecular weight is 573 g/mol. The fourth-order valence-corrected chi connectivity index (χ4v) is 5.66. The molecule has 222 valence electrons. The van der Waals surface area contributed by atoms with E-state index >= 15 is 0 Å². The first-order valence-corrected chi connectivity index (χ1v) is 18.3. The molecule has 1 amide bonds. The van der Waals surface area contributed by atoms with E-state index in [1.54, 1.807) is 4.90 Å². The molecule has 2 aromatic heterocycles. The summed E-state index contributed by atoms with van der Waals surface area (Å²) >= 11 is 0. The lowest BCUT2D eigenvalue weighted by Gasteiger charge is -2.35. The number of pyridine rings is 1. The SMILES string of the molecule is CC(C)(C)OC(=O)N1CCCC(Nc2c(B3OC(C)(C)C(C)(C)O3)cnc3c2ccn3COCC[Si](C)(C)C)C1. The number of nitrogens with one attached hydrogen (secondary N) is 1. The van der Waals surface area contributed by atoms with Gasteiger partial charge in [-0.2, -0.15) is 0 Å². The van der Waals surface area contributed by atoms with E-state index in [4.69, 9.17) is 23.8 Å². The molecule has 2 aliphatic heterocycles. The van der Waals surface area contributed by atoms with Crippen LogP contribution < -0.4 is 10.8 Å². The second kappa shape index (κ2) is 11.3. The van der Waals surface area contributed by atoms with E-state index in [0.29, 0.717) is 19.8 Å². The van der Waals surface area contributed by atoms with Crippen LogP contribution in [0.15, 0.2) is 18.5 Å². The third-order valence-corrected chi connectivity index (χ3v) is 9.68. The van der Waals surface area contributed by atoms with Crippen LogP contribution in [0.4, 0.5) is 10.5 Å². The normalized spacial score (nSPS) is 21.2. The Kier molecular flexibility index (Phi) is 8.72. The second-order valence-electron chi connectivity index (χ2n) is 14.5. The monoisotopic (exact) mass is 572 g/mol. The lowest BCUT2D eigenvalue weighted by atomic mass is 9.78. The maximum atomic E-state index is 12.8. The molecule has 4 rings (SSSR count). The van der Waals surface area contributed by atoms with Gasteiger partial charge in [-0.3, -0.25) is 0 Å². The molecule has 9 nitrogen and oxygen atoms in total. The number of nitrogens with zero attached hydrogens (tertiary/aromatic N) is 3. The first-order valence-electron chi connectivity index (χ1n) is 14.6. The van der Waals surface area contributed by atoms with Crippen molar-refractivity contribution in [2.45, 2.75) is 117 Å². The number of carbonyl (C=O) groups excluding carboxylic acids is 1. The van der Waals surface area contributed by atoms with Crippen molar-refractivity contribution >= 4 is 43.5 Å². The Balaban J connectivity index is 1.61. The third kappa shape index (κ3) is 7.21. The molecular formula is C29H49BN4O5Si. The molecule has 11 heteroatoms. The molecule has 0 radical (unpaired) electrons. The number of fused-ring (bicyclic) bond motifs is 1. The van der Waals surface area contributed by atoms with Crippen molar-refractivity contribution in [2.75, 3.05) is 25.0 Å². The van der Waals surface area contributed by atoms with Gasteiger partial charge in [0.1, 0.15) is 18.0 Å². The molecule has 2 saturated heterocycles. The molecule has 0 bridgehead atoms. The zero-order chi connectivity index (χ0) is 29.5. The number of likely N-dealkylation sites (tertiary alicyclic amines) is 1. The quantitative estimate of drug-likeness (QED) is 0.332. The van der Waals surface area contributed by atoms with Crippen molar-refractivity contribution in [1.82, 2.24) is 14.5 Å². The topological polar surface area (TPSA) is 87.1 Å². The van der Waals surface area contributed by atoms with Gasteiger partial charge in [-0.15, -0.1) is 0 Å². The number of carbonyl (C=O) groups is 1. The van der Waals surface area contributed by atoms with Gasteiger partial charge in [-0.25, -0.2) is 9.78 Å². The lowest BCUT2D eigenvalue weighted by molar-refractivity contribution is 0.00578. The Labute approximate surface area is 241 Å². The van der Waals surface area contributed by atoms with Gasteiger partial charge in [-0.1, -0.05) is 19.6 Å². The number of anilines is 1. The largest absolute Gasteiger partial charge is 0.498 e. The Bertz CT molecular complexity index is 1190. The molecule has 1 N–H and O–H groups in total. The lowest BCUT2D eigenvalue weighted by Crippen LogP contribution is -2.48. The summed E-state index contributed by atoms with van der Waals surface area (Å²) in [6.07, 6.45) is 5.45. The minimum atomic E-state index is -1.17. The summed E-state index contributed by atoms with van der Waals surface area (Å²) in [5.74, 6) is 0. The van der Waals surface area contributed by atoms with Crippen molar-refractivity contribution in [3.63, 3.8) is 0 Å². The van der Waals surface area contributed by atoms with Crippen LogP contribution >= 0.6 is 0 Å². The smallest absolute Gasteiger partial charge is 0.444 e. The van der Waals surface area contributed by atoms with Crippen LogP contribution in [0.2, 0.25) is 25.7 Å². The molecule has 2 aliphatic rings. The number of aromatic nitrogens is 2.